The third-order valence-electron chi connectivity index (χ3n) is 7.26. The quantitative estimate of drug-likeness (QED) is 0.326. The first-order valence-corrected chi connectivity index (χ1v) is 11.4. The molecule has 0 fully saturated rings. The topological polar surface area (TPSA) is 14.2 Å². The largest absolute Gasteiger partial charge is 0.458 e. The monoisotopic (exact) mass is 419 g/mol. The summed E-state index contributed by atoms with van der Waals surface area (Å²) < 4.78 is 8.98. The molecule has 0 unspecified atom stereocenters. The zero-order valence-electron chi connectivity index (χ0n) is 17.8. The third-order valence-corrected chi connectivity index (χ3v) is 7.26. The van der Waals surface area contributed by atoms with Crippen LogP contribution < -0.4 is 21.1 Å². The second kappa shape index (κ2) is 6.17. The van der Waals surface area contributed by atoms with Crippen molar-refractivity contribution in [3.05, 3.63) is 109 Å². The van der Waals surface area contributed by atoms with E-state index in [0.717, 1.165) is 11.5 Å². The lowest BCUT2D eigenvalue weighted by Crippen LogP contribution is -2.58. The minimum atomic E-state index is 0.143. The fraction of sp³-hybridized carbons (Fsp3) is 0. The smallest absolute Gasteiger partial charge is 0.256 e. The number of ether oxygens (including phenoxy) is 1. The maximum absolute atomic E-state index is 6.50. The first-order chi connectivity index (χ1) is 16.4. The number of hydrogen-bond donors (Lipinski definition) is 0. The molecule has 0 radical (unpaired) electrons. The van der Waals surface area contributed by atoms with E-state index >= 15 is 0 Å². The van der Waals surface area contributed by atoms with E-state index < -0.39 is 0 Å². The number of aromatic nitrogens is 1. The zero-order valence-corrected chi connectivity index (χ0v) is 17.8. The molecule has 3 heteroatoms. The van der Waals surface area contributed by atoms with Gasteiger partial charge in [-0.3, -0.25) is 0 Å². The van der Waals surface area contributed by atoms with Crippen molar-refractivity contribution in [1.82, 2.24) is 4.57 Å². The van der Waals surface area contributed by atoms with Gasteiger partial charge in [-0.1, -0.05) is 84.9 Å². The summed E-state index contributed by atoms with van der Waals surface area (Å²) in [4.78, 5) is 0. The van der Waals surface area contributed by atoms with Gasteiger partial charge in [0.05, 0.1) is 11.2 Å². The van der Waals surface area contributed by atoms with Crippen LogP contribution in [0, 0.1) is 0 Å². The van der Waals surface area contributed by atoms with Crippen LogP contribution in [0.25, 0.3) is 38.6 Å². The number of hydrogen-bond acceptors (Lipinski definition) is 1. The van der Waals surface area contributed by atoms with Crippen LogP contribution in [0.3, 0.4) is 0 Å². The van der Waals surface area contributed by atoms with Gasteiger partial charge in [-0.25, -0.2) is 0 Å². The van der Waals surface area contributed by atoms with Crippen molar-refractivity contribution in [2.45, 2.75) is 0 Å². The summed E-state index contributed by atoms with van der Waals surface area (Å²) in [5.41, 5.74) is 10.1. The van der Waals surface area contributed by atoms with E-state index in [1.807, 2.05) is 0 Å². The number of fused-ring (bicyclic) bond motifs is 7. The van der Waals surface area contributed by atoms with Gasteiger partial charge in [0.15, 0.2) is 0 Å². The van der Waals surface area contributed by atoms with Crippen LogP contribution in [0.4, 0.5) is 0 Å². The molecule has 0 saturated carbocycles. The van der Waals surface area contributed by atoms with Gasteiger partial charge < -0.3 is 9.30 Å². The Labute approximate surface area is 191 Å². The van der Waals surface area contributed by atoms with Crippen LogP contribution in [0.15, 0.2) is 109 Å². The van der Waals surface area contributed by atoms with Crippen molar-refractivity contribution >= 4 is 44.9 Å². The molecule has 0 N–H and O–H groups in total. The molecule has 2 aliphatic rings. The van der Waals surface area contributed by atoms with E-state index in [0.29, 0.717) is 0 Å². The fourth-order valence-corrected chi connectivity index (χ4v) is 5.97. The second-order valence-corrected chi connectivity index (χ2v) is 8.91. The molecule has 0 bridgehead atoms. The van der Waals surface area contributed by atoms with Crippen molar-refractivity contribution in [3.63, 3.8) is 0 Å². The highest BCUT2D eigenvalue weighted by atomic mass is 16.5. The molecule has 152 valence electrons. The highest BCUT2D eigenvalue weighted by Gasteiger charge is 2.41. The Morgan fingerprint density at radius 2 is 1.33 bits per heavy atom. The Kier molecular flexibility index (Phi) is 3.24. The Morgan fingerprint density at radius 3 is 2.27 bits per heavy atom. The molecule has 0 amide bonds. The predicted molar refractivity (Wildman–Crippen MR) is 137 cm³/mol. The summed E-state index contributed by atoms with van der Waals surface area (Å²) in [7, 11) is 0. The molecule has 6 aromatic rings. The van der Waals surface area contributed by atoms with E-state index in [-0.39, 0.29) is 6.71 Å². The standard InChI is InChI=1S/C30H18BNO/c1-2-9-19(10-3-1)20-17-18-27-28-30(20)32-25-15-6-4-11-21(25)22-12-8-14-24(29(22)32)31(28)23-13-5-7-16-26(23)33-27/h1-18H. The van der Waals surface area contributed by atoms with Crippen LogP contribution in [0.5, 0.6) is 11.5 Å². The Hall–Kier alpha value is -4.24. The van der Waals surface area contributed by atoms with Gasteiger partial charge in [-0.05, 0) is 46.2 Å². The van der Waals surface area contributed by atoms with Gasteiger partial charge in [0.1, 0.15) is 11.5 Å². The summed E-state index contributed by atoms with van der Waals surface area (Å²) in [5, 5.41) is 2.60. The molecule has 0 aliphatic carbocycles. The van der Waals surface area contributed by atoms with E-state index in [1.165, 1.54) is 55.0 Å². The molecule has 0 spiro atoms. The summed E-state index contributed by atoms with van der Waals surface area (Å²) in [6, 6.07) is 39.1. The molecule has 8 rings (SSSR count). The maximum atomic E-state index is 6.50. The van der Waals surface area contributed by atoms with Crippen molar-refractivity contribution in [1.29, 1.82) is 0 Å². The molecule has 2 nitrogen and oxygen atoms in total. The highest BCUT2D eigenvalue weighted by molar-refractivity contribution is 6.99. The van der Waals surface area contributed by atoms with E-state index in [2.05, 4.69) is 114 Å². The molecule has 1 aromatic heterocycles. The van der Waals surface area contributed by atoms with Crippen LogP contribution >= 0.6 is 0 Å². The highest BCUT2D eigenvalue weighted by Crippen LogP contribution is 2.40. The maximum Gasteiger partial charge on any atom is 0.256 e. The summed E-state index contributed by atoms with van der Waals surface area (Å²) in [5.74, 6) is 1.91. The third kappa shape index (κ3) is 2.14. The Balaban J connectivity index is 1.63. The molecule has 0 saturated heterocycles. The molecule has 3 heterocycles. The lowest BCUT2D eigenvalue weighted by molar-refractivity contribution is 0.487. The van der Waals surface area contributed by atoms with Crippen molar-refractivity contribution in [3.8, 4) is 28.3 Å². The van der Waals surface area contributed by atoms with Crippen molar-refractivity contribution in [2.75, 3.05) is 0 Å². The first kappa shape index (κ1) is 17.3. The lowest BCUT2D eigenvalue weighted by Gasteiger charge is -2.34. The van der Waals surface area contributed by atoms with Gasteiger partial charge in [0, 0.05) is 21.9 Å². The van der Waals surface area contributed by atoms with Gasteiger partial charge in [0.25, 0.3) is 6.71 Å². The normalized spacial score (nSPS) is 13.0. The minimum absolute atomic E-state index is 0.143. The zero-order chi connectivity index (χ0) is 21.5. The van der Waals surface area contributed by atoms with Gasteiger partial charge in [-0.15, -0.1) is 0 Å². The van der Waals surface area contributed by atoms with Gasteiger partial charge >= 0.3 is 0 Å². The lowest BCUT2D eigenvalue weighted by atomic mass is 9.34. The van der Waals surface area contributed by atoms with Crippen molar-refractivity contribution < 1.29 is 4.74 Å². The molecule has 0 atom stereocenters. The fourth-order valence-electron chi connectivity index (χ4n) is 5.97. The molecular formula is C30H18BNO. The molecule has 33 heavy (non-hydrogen) atoms. The van der Waals surface area contributed by atoms with E-state index in [4.69, 9.17) is 4.74 Å². The van der Waals surface area contributed by atoms with Gasteiger partial charge in [-0.2, -0.15) is 0 Å². The number of rotatable bonds is 1. The van der Waals surface area contributed by atoms with Crippen LogP contribution in [-0.4, -0.2) is 11.3 Å². The molecular weight excluding hydrogens is 401 g/mol. The van der Waals surface area contributed by atoms with E-state index in [1.54, 1.807) is 0 Å². The van der Waals surface area contributed by atoms with Gasteiger partial charge in [0.2, 0.25) is 0 Å². The van der Waals surface area contributed by atoms with Crippen molar-refractivity contribution in [2.24, 2.45) is 0 Å². The predicted octanol–water partition coefficient (Wildman–Crippen LogP) is 5.39. The van der Waals surface area contributed by atoms with Crippen LogP contribution in [0.1, 0.15) is 0 Å². The molecule has 5 aromatic carbocycles. The summed E-state index contributed by atoms with van der Waals surface area (Å²) in [6.45, 7) is 0.143. The van der Waals surface area contributed by atoms with Crippen LogP contribution in [0.2, 0.25) is 0 Å². The SMILES string of the molecule is c1ccc(-c2ccc3c4c2-n2c5ccccc5c5cccc(c52)B4c2ccccc2O3)cc1. The molecule has 2 aliphatic heterocycles. The summed E-state index contributed by atoms with van der Waals surface area (Å²) in [6.07, 6.45) is 0. The Bertz CT molecular complexity index is 1750. The number of para-hydroxylation sites is 3. The Morgan fingerprint density at radius 1 is 0.576 bits per heavy atom. The minimum Gasteiger partial charge on any atom is -0.458 e. The average Bonchev–Trinajstić information content (AvgIpc) is 3.22. The first-order valence-electron chi connectivity index (χ1n) is 11.4. The average molecular weight is 419 g/mol. The number of nitrogens with zero attached hydrogens (tertiary/aromatic N) is 1. The second-order valence-electron chi connectivity index (χ2n) is 8.91. The number of benzene rings is 5. The summed E-state index contributed by atoms with van der Waals surface area (Å²) >= 11 is 0. The van der Waals surface area contributed by atoms with Crippen LogP contribution in [-0.2, 0) is 0 Å². The van der Waals surface area contributed by atoms with E-state index in [9.17, 15) is 0 Å².